The fourth-order valence-electron chi connectivity index (χ4n) is 3.35. The third-order valence-corrected chi connectivity index (χ3v) is 4.50. The summed E-state index contributed by atoms with van der Waals surface area (Å²) in [5, 5.41) is 3.59. The standard InChI is InChI=1S/C15H30N2/c1-13(2)16-11-14-5-7-15(8-6-14)12-17-9-3-4-10-17/h13-16H,3-12H2,1-2H3/t14-,15-. The first kappa shape index (κ1) is 13.4. The Balaban J connectivity index is 1.60. The molecule has 2 fully saturated rings. The van der Waals surface area contributed by atoms with E-state index in [4.69, 9.17) is 0 Å². The van der Waals surface area contributed by atoms with Gasteiger partial charge in [0.1, 0.15) is 0 Å². The zero-order valence-corrected chi connectivity index (χ0v) is 11.8. The van der Waals surface area contributed by atoms with Gasteiger partial charge in [0.2, 0.25) is 0 Å². The Bertz CT molecular complexity index is 201. The molecule has 1 aliphatic carbocycles. The molecule has 2 aliphatic rings. The Hall–Kier alpha value is -0.0800. The smallest absolute Gasteiger partial charge is 0.00104 e. The maximum atomic E-state index is 3.59. The molecule has 1 N–H and O–H groups in total. The van der Waals surface area contributed by atoms with Gasteiger partial charge in [0, 0.05) is 12.6 Å². The first-order chi connectivity index (χ1) is 8.24. The minimum Gasteiger partial charge on any atom is -0.314 e. The van der Waals surface area contributed by atoms with Crippen molar-refractivity contribution in [1.82, 2.24) is 10.2 Å². The van der Waals surface area contributed by atoms with E-state index in [1.165, 1.54) is 64.7 Å². The molecule has 0 bridgehead atoms. The number of rotatable bonds is 5. The molecule has 1 heterocycles. The van der Waals surface area contributed by atoms with Gasteiger partial charge in [-0.05, 0) is 70.0 Å². The maximum Gasteiger partial charge on any atom is 0.00104 e. The Kier molecular flexibility index (Phi) is 5.30. The first-order valence-corrected chi connectivity index (χ1v) is 7.70. The zero-order valence-electron chi connectivity index (χ0n) is 11.8. The fourth-order valence-corrected chi connectivity index (χ4v) is 3.35. The molecule has 2 nitrogen and oxygen atoms in total. The van der Waals surface area contributed by atoms with Gasteiger partial charge >= 0.3 is 0 Å². The molecular weight excluding hydrogens is 208 g/mol. The van der Waals surface area contributed by atoms with Crippen molar-refractivity contribution in [3.63, 3.8) is 0 Å². The van der Waals surface area contributed by atoms with Crippen LogP contribution in [0.2, 0.25) is 0 Å². The Morgan fingerprint density at radius 1 is 1.00 bits per heavy atom. The molecule has 0 radical (unpaired) electrons. The molecule has 1 aliphatic heterocycles. The van der Waals surface area contributed by atoms with Crippen LogP contribution in [0.1, 0.15) is 52.4 Å². The highest BCUT2D eigenvalue weighted by Gasteiger charge is 2.23. The third-order valence-electron chi connectivity index (χ3n) is 4.50. The van der Waals surface area contributed by atoms with E-state index >= 15 is 0 Å². The largest absolute Gasteiger partial charge is 0.314 e. The Labute approximate surface area is 107 Å². The highest BCUT2D eigenvalue weighted by atomic mass is 15.1. The molecule has 17 heavy (non-hydrogen) atoms. The van der Waals surface area contributed by atoms with E-state index in [1.54, 1.807) is 0 Å². The van der Waals surface area contributed by atoms with Crippen LogP contribution >= 0.6 is 0 Å². The van der Waals surface area contributed by atoms with E-state index in [-0.39, 0.29) is 0 Å². The van der Waals surface area contributed by atoms with Crippen molar-refractivity contribution in [1.29, 1.82) is 0 Å². The average molecular weight is 238 g/mol. The SMILES string of the molecule is CC(C)NC[C@H]1CC[C@H](CN2CCCC2)CC1. The summed E-state index contributed by atoms with van der Waals surface area (Å²) in [5.74, 6) is 1.95. The molecule has 100 valence electrons. The monoisotopic (exact) mass is 238 g/mol. The van der Waals surface area contributed by atoms with Gasteiger partial charge in [-0.15, -0.1) is 0 Å². The molecule has 1 saturated heterocycles. The lowest BCUT2D eigenvalue weighted by molar-refractivity contribution is 0.200. The first-order valence-electron chi connectivity index (χ1n) is 7.70. The summed E-state index contributed by atoms with van der Waals surface area (Å²) in [5.41, 5.74) is 0. The molecule has 2 heteroatoms. The number of nitrogens with one attached hydrogen (secondary N) is 1. The van der Waals surface area contributed by atoms with Gasteiger partial charge in [-0.1, -0.05) is 13.8 Å². The van der Waals surface area contributed by atoms with Gasteiger partial charge in [0.05, 0.1) is 0 Å². The van der Waals surface area contributed by atoms with E-state index in [0.717, 1.165) is 11.8 Å². The Morgan fingerprint density at radius 2 is 1.59 bits per heavy atom. The summed E-state index contributed by atoms with van der Waals surface area (Å²) in [4.78, 5) is 2.69. The Morgan fingerprint density at radius 3 is 2.18 bits per heavy atom. The van der Waals surface area contributed by atoms with Crippen LogP contribution in [-0.4, -0.2) is 37.1 Å². The van der Waals surface area contributed by atoms with Gasteiger partial charge in [-0.2, -0.15) is 0 Å². The number of nitrogens with zero attached hydrogens (tertiary/aromatic N) is 1. The highest BCUT2D eigenvalue weighted by Crippen LogP contribution is 2.29. The van der Waals surface area contributed by atoms with Crippen molar-refractivity contribution in [2.45, 2.75) is 58.4 Å². The second kappa shape index (κ2) is 6.75. The maximum absolute atomic E-state index is 3.59. The molecule has 0 aromatic carbocycles. The summed E-state index contributed by atoms with van der Waals surface area (Å²) in [6.07, 6.45) is 8.74. The van der Waals surface area contributed by atoms with Crippen molar-refractivity contribution in [3.05, 3.63) is 0 Å². The van der Waals surface area contributed by atoms with E-state index in [1.807, 2.05) is 0 Å². The van der Waals surface area contributed by atoms with Crippen LogP contribution in [0.25, 0.3) is 0 Å². The topological polar surface area (TPSA) is 15.3 Å². The van der Waals surface area contributed by atoms with Crippen LogP contribution in [0.4, 0.5) is 0 Å². The lowest BCUT2D eigenvalue weighted by Gasteiger charge is -2.31. The number of hydrogen-bond acceptors (Lipinski definition) is 2. The van der Waals surface area contributed by atoms with Crippen molar-refractivity contribution >= 4 is 0 Å². The van der Waals surface area contributed by atoms with E-state index in [0.29, 0.717) is 6.04 Å². The van der Waals surface area contributed by atoms with Gasteiger partial charge in [0.15, 0.2) is 0 Å². The average Bonchev–Trinajstić information content (AvgIpc) is 2.81. The molecule has 0 amide bonds. The van der Waals surface area contributed by atoms with Crippen LogP contribution in [0.3, 0.4) is 0 Å². The van der Waals surface area contributed by atoms with E-state index in [2.05, 4.69) is 24.1 Å². The summed E-state index contributed by atoms with van der Waals surface area (Å²) in [7, 11) is 0. The second-order valence-electron chi connectivity index (χ2n) is 6.46. The number of likely N-dealkylation sites (tertiary alicyclic amines) is 1. The van der Waals surface area contributed by atoms with Crippen molar-refractivity contribution < 1.29 is 0 Å². The molecule has 0 spiro atoms. The lowest BCUT2D eigenvalue weighted by Crippen LogP contribution is -2.33. The molecule has 2 rings (SSSR count). The predicted molar refractivity (Wildman–Crippen MR) is 74.3 cm³/mol. The predicted octanol–water partition coefficient (Wildman–Crippen LogP) is 2.89. The van der Waals surface area contributed by atoms with Crippen LogP contribution < -0.4 is 5.32 Å². The molecule has 1 saturated carbocycles. The zero-order chi connectivity index (χ0) is 12.1. The minimum absolute atomic E-state index is 0.650. The molecule has 0 unspecified atom stereocenters. The second-order valence-corrected chi connectivity index (χ2v) is 6.46. The summed E-state index contributed by atoms with van der Waals surface area (Å²) < 4.78 is 0. The normalized spacial score (nSPS) is 31.2. The van der Waals surface area contributed by atoms with Gasteiger partial charge in [-0.3, -0.25) is 0 Å². The van der Waals surface area contributed by atoms with Crippen molar-refractivity contribution in [2.24, 2.45) is 11.8 Å². The molecule has 0 atom stereocenters. The lowest BCUT2D eigenvalue weighted by atomic mass is 9.81. The van der Waals surface area contributed by atoms with E-state index in [9.17, 15) is 0 Å². The van der Waals surface area contributed by atoms with Crippen LogP contribution in [-0.2, 0) is 0 Å². The highest BCUT2D eigenvalue weighted by molar-refractivity contribution is 4.78. The summed E-state index contributed by atoms with van der Waals surface area (Å²) in [6, 6.07) is 0.650. The van der Waals surface area contributed by atoms with Crippen molar-refractivity contribution in [3.8, 4) is 0 Å². The van der Waals surface area contributed by atoms with Gasteiger partial charge in [-0.25, -0.2) is 0 Å². The van der Waals surface area contributed by atoms with Crippen LogP contribution in [0, 0.1) is 11.8 Å². The summed E-state index contributed by atoms with van der Waals surface area (Å²) >= 11 is 0. The molecular formula is C15H30N2. The summed E-state index contributed by atoms with van der Waals surface area (Å²) in [6.45, 7) is 9.88. The quantitative estimate of drug-likeness (QED) is 0.792. The van der Waals surface area contributed by atoms with Gasteiger partial charge < -0.3 is 10.2 Å². The molecule has 0 aromatic rings. The van der Waals surface area contributed by atoms with Gasteiger partial charge in [0.25, 0.3) is 0 Å². The number of hydrogen-bond donors (Lipinski definition) is 1. The fraction of sp³-hybridized carbons (Fsp3) is 1.00. The van der Waals surface area contributed by atoms with Crippen LogP contribution in [0.5, 0.6) is 0 Å². The van der Waals surface area contributed by atoms with Crippen LogP contribution in [0.15, 0.2) is 0 Å². The minimum atomic E-state index is 0.650. The third kappa shape index (κ3) is 4.59. The van der Waals surface area contributed by atoms with Crippen molar-refractivity contribution in [2.75, 3.05) is 26.2 Å². The van der Waals surface area contributed by atoms with E-state index < -0.39 is 0 Å². The molecule has 0 aromatic heterocycles.